The Hall–Kier alpha value is -2.62. The number of amides is 1. The summed E-state index contributed by atoms with van der Waals surface area (Å²) >= 11 is 0. The van der Waals surface area contributed by atoms with Gasteiger partial charge in [-0.1, -0.05) is 48.0 Å². The van der Waals surface area contributed by atoms with Crippen LogP contribution in [0.5, 0.6) is 0 Å². The van der Waals surface area contributed by atoms with Crippen molar-refractivity contribution in [1.29, 1.82) is 0 Å². The maximum absolute atomic E-state index is 12.3. The number of esters is 1. The molecule has 4 heteroatoms. The molecule has 2 atom stereocenters. The van der Waals surface area contributed by atoms with Gasteiger partial charge in [0.1, 0.15) is 0 Å². The highest BCUT2D eigenvalue weighted by molar-refractivity contribution is 5.93. The quantitative estimate of drug-likeness (QED) is 0.852. The van der Waals surface area contributed by atoms with E-state index in [-0.39, 0.29) is 11.9 Å². The van der Waals surface area contributed by atoms with E-state index in [1.165, 1.54) is 0 Å². The third kappa shape index (κ3) is 4.44. The highest BCUT2D eigenvalue weighted by Crippen LogP contribution is 2.14. The van der Waals surface area contributed by atoms with Crippen LogP contribution in [-0.4, -0.2) is 18.0 Å². The second-order valence-electron chi connectivity index (χ2n) is 6.01. The molecule has 0 aliphatic heterocycles. The first-order valence-corrected chi connectivity index (χ1v) is 8.02. The number of carbonyl (C=O) groups excluding carboxylic acids is 2. The van der Waals surface area contributed by atoms with E-state index in [2.05, 4.69) is 5.32 Å². The molecule has 0 aromatic heterocycles. The number of hydrogen-bond acceptors (Lipinski definition) is 3. The predicted molar refractivity (Wildman–Crippen MR) is 93.8 cm³/mol. The van der Waals surface area contributed by atoms with Crippen molar-refractivity contribution < 1.29 is 14.3 Å². The van der Waals surface area contributed by atoms with Gasteiger partial charge in [-0.2, -0.15) is 0 Å². The Morgan fingerprint density at radius 1 is 1.00 bits per heavy atom. The van der Waals surface area contributed by atoms with Crippen LogP contribution < -0.4 is 5.32 Å². The van der Waals surface area contributed by atoms with Crippen LogP contribution in [0.2, 0.25) is 0 Å². The zero-order valence-electron chi connectivity index (χ0n) is 14.5. The van der Waals surface area contributed by atoms with Gasteiger partial charge in [-0.15, -0.1) is 0 Å². The van der Waals surface area contributed by atoms with Crippen molar-refractivity contribution in [1.82, 2.24) is 5.32 Å². The predicted octanol–water partition coefficient (Wildman–Crippen LogP) is 3.73. The first-order chi connectivity index (χ1) is 11.4. The molecular weight excluding hydrogens is 302 g/mol. The lowest BCUT2D eigenvalue weighted by atomic mass is 10.1. The molecule has 0 saturated carbocycles. The number of rotatable bonds is 5. The molecule has 24 heavy (non-hydrogen) atoms. The van der Waals surface area contributed by atoms with Crippen LogP contribution in [0.25, 0.3) is 0 Å². The topological polar surface area (TPSA) is 55.4 Å². The van der Waals surface area contributed by atoms with Crippen molar-refractivity contribution in [2.75, 3.05) is 0 Å². The van der Waals surface area contributed by atoms with Crippen LogP contribution in [0, 0.1) is 13.8 Å². The molecule has 2 aromatic rings. The summed E-state index contributed by atoms with van der Waals surface area (Å²) in [4.78, 5) is 24.5. The normalized spacial score (nSPS) is 13.0. The average Bonchev–Trinajstić information content (AvgIpc) is 2.57. The minimum absolute atomic E-state index is 0.152. The molecule has 126 valence electrons. The minimum atomic E-state index is -0.858. The molecule has 0 heterocycles. The van der Waals surface area contributed by atoms with Gasteiger partial charge in [0.25, 0.3) is 5.91 Å². The lowest BCUT2D eigenvalue weighted by Gasteiger charge is -2.18. The van der Waals surface area contributed by atoms with Crippen molar-refractivity contribution in [2.45, 2.75) is 39.8 Å². The first kappa shape index (κ1) is 17.7. The highest BCUT2D eigenvalue weighted by Gasteiger charge is 2.21. The number of aryl methyl sites for hydroxylation is 2. The Kier molecular flexibility index (Phi) is 5.74. The maximum atomic E-state index is 12.3. The summed E-state index contributed by atoms with van der Waals surface area (Å²) in [6.07, 6.45) is -0.858. The van der Waals surface area contributed by atoms with Crippen molar-refractivity contribution >= 4 is 11.9 Å². The van der Waals surface area contributed by atoms with Crippen LogP contribution >= 0.6 is 0 Å². The fraction of sp³-hybridized carbons (Fsp3) is 0.300. The minimum Gasteiger partial charge on any atom is -0.449 e. The van der Waals surface area contributed by atoms with Gasteiger partial charge in [0.2, 0.25) is 0 Å². The Labute approximate surface area is 142 Å². The Balaban J connectivity index is 1.98. The molecule has 0 aliphatic rings. The number of nitrogens with one attached hydrogen (secondary N) is 1. The van der Waals surface area contributed by atoms with Crippen molar-refractivity contribution in [3.05, 3.63) is 70.8 Å². The molecular formula is C20H23NO3. The summed E-state index contributed by atoms with van der Waals surface area (Å²) in [5.41, 5.74) is 3.29. The zero-order chi connectivity index (χ0) is 17.7. The molecule has 0 radical (unpaired) electrons. The van der Waals surface area contributed by atoms with E-state index >= 15 is 0 Å². The van der Waals surface area contributed by atoms with Gasteiger partial charge < -0.3 is 10.1 Å². The van der Waals surface area contributed by atoms with E-state index in [1.54, 1.807) is 13.0 Å². The molecule has 0 aliphatic carbocycles. The van der Waals surface area contributed by atoms with Gasteiger partial charge >= 0.3 is 5.97 Å². The van der Waals surface area contributed by atoms with Crippen molar-refractivity contribution in [3.8, 4) is 0 Å². The zero-order valence-corrected chi connectivity index (χ0v) is 14.5. The summed E-state index contributed by atoms with van der Waals surface area (Å²) in [5, 5.41) is 2.86. The molecule has 1 amide bonds. The Morgan fingerprint density at radius 3 is 2.33 bits per heavy atom. The van der Waals surface area contributed by atoms with E-state index in [9.17, 15) is 9.59 Å². The Bertz CT molecular complexity index is 725. The third-order valence-corrected chi connectivity index (χ3v) is 3.92. The highest BCUT2D eigenvalue weighted by atomic mass is 16.5. The lowest BCUT2D eigenvalue weighted by molar-refractivity contribution is -0.129. The van der Waals surface area contributed by atoms with E-state index in [1.807, 2.05) is 63.2 Å². The summed E-state index contributed by atoms with van der Waals surface area (Å²) in [7, 11) is 0. The number of carbonyl (C=O) groups is 2. The van der Waals surface area contributed by atoms with Gasteiger partial charge in [0, 0.05) is 0 Å². The Morgan fingerprint density at radius 2 is 1.67 bits per heavy atom. The van der Waals surface area contributed by atoms with Gasteiger partial charge in [-0.05, 0) is 44.9 Å². The average molecular weight is 325 g/mol. The molecule has 2 aromatic carbocycles. The monoisotopic (exact) mass is 325 g/mol. The second kappa shape index (κ2) is 7.77. The van der Waals surface area contributed by atoms with E-state index < -0.39 is 12.1 Å². The number of ether oxygens (including phenoxy) is 1. The van der Waals surface area contributed by atoms with E-state index in [0.717, 1.165) is 16.7 Å². The summed E-state index contributed by atoms with van der Waals surface area (Å²) in [6.45, 7) is 7.23. The van der Waals surface area contributed by atoms with Gasteiger partial charge in [-0.3, -0.25) is 4.79 Å². The van der Waals surface area contributed by atoms with Gasteiger partial charge in [0.15, 0.2) is 6.10 Å². The molecule has 1 N–H and O–H groups in total. The van der Waals surface area contributed by atoms with Crippen LogP contribution in [0.1, 0.15) is 46.9 Å². The summed E-state index contributed by atoms with van der Waals surface area (Å²) in [6, 6.07) is 15.1. The summed E-state index contributed by atoms with van der Waals surface area (Å²) < 4.78 is 5.32. The molecule has 0 saturated heterocycles. The fourth-order valence-electron chi connectivity index (χ4n) is 2.39. The molecule has 0 spiro atoms. The van der Waals surface area contributed by atoms with Crippen molar-refractivity contribution in [3.63, 3.8) is 0 Å². The van der Waals surface area contributed by atoms with E-state index in [4.69, 9.17) is 4.74 Å². The third-order valence-electron chi connectivity index (χ3n) is 3.92. The molecule has 2 unspecified atom stereocenters. The SMILES string of the molecule is Cc1ccc(C)c(C(=O)OC(C)C(=O)NC(C)c2ccccc2)c1. The van der Waals surface area contributed by atoms with Gasteiger partial charge in [-0.25, -0.2) is 4.79 Å². The maximum Gasteiger partial charge on any atom is 0.339 e. The largest absolute Gasteiger partial charge is 0.449 e. The first-order valence-electron chi connectivity index (χ1n) is 8.02. The fourth-order valence-corrected chi connectivity index (χ4v) is 2.39. The van der Waals surface area contributed by atoms with Crippen LogP contribution in [0.4, 0.5) is 0 Å². The number of hydrogen-bond donors (Lipinski definition) is 1. The van der Waals surface area contributed by atoms with Gasteiger partial charge in [0.05, 0.1) is 11.6 Å². The number of benzene rings is 2. The smallest absolute Gasteiger partial charge is 0.339 e. The molecule has 2 rings (SSSR count). The molecule has 0 fully saturated rings. The molecule has 0 bridgehead atoms. The summed E-state index contributed by atoms with van der Waals surface area (Å²) in [5.74, 6) is -0.795. The van der Waals surface area contributed by atoms with E-state index in [0.29, 0.717) is 5.56 Å². The van der Waals surface area contributed by atoms with Crippen molar-refractivity contribution in [2.24, 2.45) is 0 Å². The van der Waals surface area contributed by atoms with Crippen LogP contribution in [0.15, 0.2) is 48.5 Å². The molecule has 4 nitrogen and oxygen atoms in total. The van der Waals surface area contributed by atoms with Crippen LogP contribution in [0.3, 0.4) is 0 Å². The standard InChI is InChI=1S/C20H23NO3/c1-13-10-11-14(2)18(12-13)20(23)24-16(4)19(22)21-15(3)17-8-6-5-7-9-17/h5-12,15-16H,1-4H3,(H,21,22). The van der Waals surface area contributed by atoms with Crippen LogP contribution in [-0.2, 0) is 9.53 Å². The lowest BCUT2D eigenvalue weighted by Crippen LogP contribution is -2.37. The second-order valence-corrected chi connectivity index (χ2v) is 6.01.